The van der Waals surface area contributed by atoms with E-state index in [1.165, 1.54) is 31.2 Å². The Morgan fingerprint density at radius 2 is 2.09 bits per heavy atom. The number of carbonyl (C=O) groups excluding carboxylic acids is 1. The number of rotatable bonds is 6. The quantitative estimate of drug-likeness (QED) is 0.579. The lowest BCUT2D eigenvalue weighted by Crippen LogP contribution is -2.29. The highest BCUT2D eigenvalue weighted by atomic mass is 35.5. The molecule has 1 unspecified atom stereocenters. The summed E-state index contributed by atoms with van der Waals surface area (Å²) in [5, 5.41) is 0.406. The molecule has 2 atom stereocenters. The van der Waals surface area contributed by atoms with Gasteiger partial charge in [0, 0.05) is 11.6 Å². The molecule has 1 saturated heterocycles. The van der Waals surface area contributed by atoms with Crippen molar-refractivity contribution in [3.05, 3.63) is 29.3 Å². The minimum atomic E-state index is -4.05. The van der Waals surface area contributed by atoms with Crippen LogP contribution in [0, 0.1) is 0 Å². The third-order valence-electron chi connectivity index (χ3n) is 3.14. The van der Waals surface area contributed by atoms with Crippen LogP contribution in [-0.2, 0) is 28.6 Å². The average molecular weight is 349 g/mol. The summed E-state index contributed by atoms with van der Waals surface area (Å²) in [5.41, 5.74) is 0. The third kappa shape index (κ3) is 4.67. The molecule has 0 aromatic heterocycles. The molecule has 8 heteroatoms. The van der Waals surface area contributed by atoms with Gasteiger partial charge in [0.1, 0.15) is 6.61 Å². The smallest absolute Gasteiger partial charge is 0.336 e. The fraction of sp³-hybridized carbons (Fsp3) is 0.500. The lowest BCUT2D eigenvalue weighted by Gasteiger charge is -2.14. The molecule has 122 valence electrons. The van der Waals surface area contributed by atoms with E-state index in [1.54, 1.807) is 0 Å². The van der Waals surface area contributed by atoms with Crippen LogP contribution in [0.15, 0.2) is 29.2 Å². The van der Waals surface area contributed by atoms with Gasteiger partial charge < -0.3 is 9.47 Å². The maximum atomic E-state index is 12.0. The van der Waals surface area contributed by atoms with Gasteiger partial charge in [-0.05, 0) is 44.0 Å². The first-order valence-corrected chi connectivity index (χ1v) is 8.64. The summed E-state index contributed by atoms with van der Waals surface area (Å²) < 4.78 is 39.2. The number of hydrogen-bond donors (Lipinski definition) is 0. The van der Waals surface area contributed by atoms with E-state index in [-0.39, 0.29) is 17.6 Å². The fourth-order valence-corrected chi connectivity index (χ4v) is 3.12. The average Bonchev–Trinajstić information content (AvgIpc) is 2.98. The summed E-state index contributed by atoms with van der Waals surface area (Å²) >= 11 is 5.70. The van der Waals surface area contributed by atoms with Gasteiger partial charge in [-0.2, -0.15) is 8.42 Å². The molecular weight excluding hydrogens is 332 g/mol. The van der Waals surface area contributed by atoms with Gasteiger partial charge in [-0.1, -0.05) is 11.6 Å². The van der Waals surface area contributed by atoms with Gasteiger partial charge in [0.25, 0.3) is 10.1 Å². The summed E-state index contributed by atoms with van der Waals surface area (Å²) in [6.07, 6.45) is 0.399. The zero-order valence-corrected chi connectivity index (χ0v) is 13.6. The van der Waals surface area contributed by atoms with Crippen molar-refractivity contribution < 1.29 is 26.9 Å². The summed E-state index contributed by atoms with van der Waals surface area (Å²) in [6.45, 7) is 2.08. The molecule has 1 aromatic rings. The van der Waals surface area contributed by atoms with Crippen molar-refractivity contribution in [2.45, 2.75) is 36.9 Å². The van der Waals surface area contributed by atoms with Gasteiger partial charge >= 0.3 is 5.97 Å². The Bertz CT molecular complexity index is 607. The van der Waals surface area contributed by atoms with E-state index in [0.29, 0.717) is 11.6 Å². The molecule has 6 nitrogen and oxygen atoms in total. The molecule has 2 rings (SSSR count). The van der Waals surface area contributed by atoms with E-state index in [0.717, 1.165) is 12.8 Å². The molecular formula is C14H17ClO6S. The van der Waals surface area contributed by atoms with E-state index in [2.05, 4.69) is 0 Å². The van der Waals surface area contributed by atoms with Crippen LogP contribution < -0.4 is 0 Å². The number of halogens is 1. The molecule has 1 aliphatic heterocycles. The van der Waals surface area contributed by atoms with Crippen molar-refractivity contribution in [3.63, 3.8) is 0 Å². The molecule has 0 amide bonds. The highest BCUT2D eigenvalue weighted by Gasteiger charge is 2.26. The summed E-state index contributed by atoms with van der Waals surface area (Å²) in [6, 6.07) is 5.47. The predicted molar refractivity (Wildman–Crippen MR) is 79.1 cm³/mol. The Hall–Kier alpha value is -1.15. The van der Waals surface area contributed by atoms with Crippen LogP contribution in [0.3, 0.4) is 0 Å². The lowest BCUT2D eigenvalue weighted by atomic mass is 10.2. The molecule has 1 heterocycles. The number of esters is 1. The Kier molecular flexibility index (Phi) is 5.80. The van der Waals surface area contributed by atoms with Crippen molar-refractivity contribution in [2.75, 3.05) is 13.2 Å². The van der Waals surface area contributed by atoms with Crippen LogP contribution in [0.1, 0.15) is 19.8 Å². The second-order valence-electron chi connectivity index (χ2n) is 4.91. The normalized spacial score (nSPS) is 19.8. The van der Waals surface area contributed by atoms with Crippen LogP contribution in [-0.4, -0.2) is 39.8 Å². The van der Waals surface area contributed by atoms with Gasteiger partial charge in [-0.3, -0.25) is 4.18 Å². The number of hydrogen-bond acceptors (Lipinski definition) is 6. The lowest BCUT2D eigenvalue weighted by molar-refractivity contribution is -0.154. The molecule has 0 N–H and O–H groups in total. The topological polar surface area (TPSA) is 78.9 Å². The fourth-order valence-electron chi connectivity index (χ4n) is 1.95. The first-order chi connectivity index (χ1) is 10.4. The molecule has 0 saturated carbocycles. The molecule has 1 aromatic carbocycles. The van der Waals surface area contributed by atoms with Gasteiger partial charge in [0.05, 0.1) is 11.0 Å². The Morgan fingerprint density at radius 3 is 2.68 bits per heavy atom. The summed E-state index contributed by atoms with van der Waals surface area (Å²) in [7, 11) is -4.05. The zero-order valence-electron chi connectivity index (χ0n) is 12.0. The van der Waals surface area contributed by atoms with Crippen molar-refractivity contribution >= 4 is 27.7 Å². The van der Waals surface area contributed by atoms with Crippen LogP contribution in [0.2, 0.25) is 5.02 Å². The Morgan fingerprint density at radius 1 is 1.41 bits per heavy atom. The van der Waals surface area contributed by atoms with E-state index in [1.807, 2.05) is 0 Å². The van der Waals surface area contributed by atoms with Crippen molar-refractivity contribution in [1.82, 2.24) is 0 Å². The van der Waals surface area contributed by atoms with Crippen molar-refractivity contribution in [1.29, 1.82) is 0 Å². The number of benzene rings is 1. The van der Waals surface area contributed by atoms with Crippen LogP contribution in [0.5, 0.6) is 0 Å². The summed E-state index contributed by atoms with van der Waals surface area (Å²) in [5.74, 6) is -0.743. The molecule has 0 bridgehead atoms. The summed E-state index contributed by atoms with van der Waals surface area (Å²) in [4.78, 5) is 11.7. The van der Waals surface area contributed by atoms with Crippen molar-refractivity contribution in [3.8, 4) is 0 Å². The minimum Gasteiger partial charge on any atom is -0.461 e. The molecule has 1 fully saturated rings. The largest absolute Gasteiger partial charge is 0.461 e. The standard InChI is InChI=1S/C14H17ClO6S/c1-10(14(16)20-9-12-3-2-8-19-12)21-22(17,18)13-6-4-11(15)5-7-13/h4-7,10,12H,2-3,8-9H2,1H3/t10?,12-/m0/s1. The minimum absolute atomic E-state index is 0.0734. The Balaban J connectivity index is 1.90. The van der Waals surface area contributed by atoms with Crippen LogP contribution >= 0.6 is 11.6 Å². The predicted octanol–water partition coefficient (Wildman–Crippen LogP) is 2.16. The number of ether oxygens (including phenoxy) is 2. The zero-order chi connectivity index (χ0) is 16.2. The third-order valence-corrected chi connectivity index (χ3v) is 4.78. The first kappa shape index (κ1) is 17.2. The maximum absolute atomic E-state index is 12.0. The van der Waals surface area contributed by atoms with Crippen molar-refractivity contribution in [2.24, 2.45) is 0 Å². The molecule has 0 aliphatic carbocycles. The molecule has 22 heavy (non-hydrogen) atoms. The van der Waals surface area contributed by atoms with E-state index < -0.39 is 22.2 Å². The molecule has 0 spiro atoms. The second-order valence-corrected chi connectivity index (χ2v) is 6.92. The van der Waals surface area contributed by atoms with Crippen LogP contribution in [0.4, 0.5) is 0 Å². The Labute approximate surface area is 134 Å². The highest BCUT2D eigenvalue weighted by Crippen LogP contribution is 2.18. The van der Waals surface area contributed by atoms with Gasteiger partial charge in [0.2, 0.25) is 0 Å². The molecule has 1 aliphatic rings. The van der Waals surface area contributed by atoms with E-state index >= 15 is 0 Å². The van der Waals surface area contributed by atoms with Gasteiger partial charge in [-0.25, -0.2) is 4.79 Å². The maximum Gasteiger partial charge on any atom is 0.336 e. The SMILES string of the molecule is CC(OS(=O)(=O)c1ccc(Cl)cc1)C(=O)OC[C@@H]1CCCO1. The van der Waals surface area contributed by atoms with E-state index in [9.17, 15) is 13.2 Å². The van der Waals surface area contributed by atoms with Gasteiger partial charge in [0.15, 0.2) is 6.10 Å². The second kappa shape index (κ2) is 7.41. The highest BCUT2D eigenvalue weighted by molar-refractivity contribution is 7.86. The van der Waals surface area contributed by atoms with Gasteiger partial charge in [-0.15, -0.1) is 0 Å². The number of carbonyl (C=O) groups is 1. The monoisotopic (exact) mass is 348 g/mol. The molecule has 0 radical (unpaired) electrons. The van der Waals surface area contributed by atoms with Crippen LogP contribution in [0.25, 0.3) is 0 Å². The first-order valence-electron chi connectivity index (χ1n) is 6.85. The van der Waals surface area contributed by atoms with E-state index in [4.69, 9.17) is 25.3 Å².